The Bertz CT molecular complexity index is 496. The van der Waals surface area contributed by atoms with Crippen molar-refractivity contribution >= 4 is 28.2 Å². The van der Waals surface area contributed by atoms with Crippen LogP contribution in [0, 0.1) is 0 Å². The zero-order valence-corrected chi connectivity index (χ0v) is 12.5. The van der Waals surface area contributed by atoms with Gasteiger partial charge in [-0.2, -0.15) is 0 Å². The number of hydrogen-bond donors (Lipinski definition) is 1. The second-order valence-electron chi connectivity index (χ2n) is 4.10. The van der Waals surface area contributed by atoms with Gasteiger partial charge in [0, 0.05) is 5.25 Å². The van der Waals surface area contributed by atoms with E-state index in [-0.39, 0.29) is 0 Å². The average Bonchev–Trinajstić information content (AvgIpc) is 3.05. The molecular weight excluding hydrogens is 278 g/mol. The predicted octanol–water partition coefficient (Wildman–Crippen LogP) is 4.19. The minimum Gasteiger partial charge on any atom is -0.467 e. The zero-order chi connectivity index (χ0) is 13.5. The highest BCUT2D eigenvalue weighted by atomic mass is 32.2. The molecule has 102 valence electrons. The zero-order valence-electron chi connectivity index (χ0n) is 10.8. The molecule has 0 radical (unpaired) electrons. The van der Waals surface area contributed by atoms with Crippen LogP contribution in [0.25, 0.3) is 0 Å². The van der Waals surface area contributed by atoms with E-state index in [0.29, 0.717) is 11.8 Å². The lowest BCUT2D eigenvalue weighted by molar-refractivity contribution is 0.518. The number of allylic oxidation sites excluding steroid dienone is 1. The molecule has 19 heavy (non-hydrogen) atoms. The molecular formula is C13H17N3OS2. The number of furan rings is 1. The summed E-state index contributed by atoms with van der Waals surface area (Å²) in [5.41, 5.74) is 0. The van der Waals surface area contributed by atoms with Crippen LogP contribution >= 0.6 is 23.1 Å². The van der Waals surface area contributed by atoms with Gasteiger partial charge in [0.2, 0.25) is 5.13 Å². The van der Waals surface area contributed by atoms with Gasteiger partial charge in [0.25, 0.3) is 0 Å². The Labute approximate surface area is 121 Å². The Morgan fingerprint density at radius 1 is 1.58 bits per heavy atom. The van der Waals surface area contributed by atoms with E-state index in [0.717, 1.165) is 28.1 Å². The number of hydrogen-bond acceptors (Lipinski definition) is 6. The third-order valence-corrected chi connectivity index (χ3v) is 4.62. The van der Waals surface area contributed by atoms with Crippen molar-refractivity contribution < 1.29 is 4.42 Å². The van der Waals surface area contributed by atoms with Gasteiger partial charge in [0.15, 0.2) is 4.34 Å². The first-order chi connectivity index (χ1) is 9.28. The van der Waals surface area contributed by atoms with E-state index in [1.54, 1.807) is 29.4 Å². The summed E-state index contributed by atoms with van der Waals surface area (Å²) in [7, 11) is 0. The summed E-state index contributed by atoms with van der Waals surface area (Å²) in [5, 5.41) is 12.9. The van der Waals surface area contributed by atoms with Crippen LogP contribution in [0.3, 0.4) is 0 Å². The van der Waals surface area contributed by atoms with Crippen LogP contribution in [0.4, 0.5) is 5.13 Å². The number of anilines is 1. The van der Waals surface area contributed by atoms with Crippen molar-refractivity contribution in [2.75, 3.05) is 5.32 Å². The Balaban J connectivity index is 1.79. The molecule has 1 atom stereocenters. The van der Waals surface area contributed by atoms with Gasteiger partial charge >= 0.3 is 0 Å². The Kier molecular flexibility index (Phi) is 5.47. The minimum atomic E-state index is 0.531. The molecule has 0 aliphatic carbocycles. The van der Waals surface area contributed by atoms with Crippen LogP contribution in [0.15, 0.2) is 39.8 Å². The van der Waals surface area contributed by atoms with Crippen LogP contribution in [0.2, 0.25) is 0 Å². The van der Waals surface area contributed by atoms with E-state index in [9.17, 15) is 0 Å². The maximum Gasteiger partial charge on any atom is 0.206 e. The second-order valence-corrected chi connectivity index (χ2v) is 6.76. The standard InChI is InChI=1S/C13H17N3OS2/c1-3-4-6-10(2)18-13-16-15-12(19-13)14-9-11-7-5-8-17-11/h3,5,7-8,10H,1,4,6,9H2,2H3,(H,14,15). The SMILES string of the molecule is C=CCCC(C)Sc1nnc(NCc2ccco2)s1. The van der Waals surface area contributed by atoms with Gasteiger partial charge in [0.1, 0.15) is 5.76 Å². The lowest BCUT2D eigenvalue weighted by Gasteiger charge is -2.05. The van der Waals surface area contributed by atoms with Crippen molar-refractivity contribution in [2.45, 2.75) is 35.9 Å². The molecule has 2 aromatic rings. The smallest absolute Gasteiger partial charge is 0.206 e. The summed E-state index contributed by atoms with van der Waals surface area (Å²) in [6.07, 6.45) is 5.77. The topological polar surface area (TPSA) is 51.0 Å². The lowest BCUT2D eigenvalue weighted by atomic mass is 10.2. The molecule has 2 rings (SSSR count). The molecule has 0 spiro atoms. The Morgan fingerprint density at radius 2 is 2.47 bits per heavy atom. The summed E-state index contributed by atoms with van der Waals surface area (Å²) < 4.78 is 6.25. The predicted molar refractivity (Wildman–Crippen MR) is 80.7 cm³/mol. The third kappa shape index (κ3) is 4.72. The molecule has 1 unspecified atom stereocenters. The third-order valence-electron chi connectivity index (χ3n) is 2.48. The first-order valence-electron chi connectivity index (χ1n) is 6.15. The van der Waals surface area contributed by atoms with Gasteiger partial charge in [-0.05, 0) is 25.0 Å². The monoisotopic (exact) mass is 295 g/mol. The van der Waals surface area contributed by atoms with E-state index in [4.69, 9.17) is 4.42 Å². The maximum atomic E-state index is 5.25. The molecule has 0 saturated carbocycles. The van der Waals surface area contributed by atoms with Crippen molar-refractivity contribution in [1.29, 1.82) is 0 Å². The first kappa shape index (κ1) is 14.1. The normalized spacial score (nSPS) is 12.3. The summed E-state index contributed by atoms with van der Waals surface area (Å²) in [6, 6.07) is 3.81. The quantitative estimate of drug-likeness (QED) is 0.584. The van der Waals surface area contributed by atoms with Gasteiger partial charge in [-0.1, -0.05) is 36.1 Å². The van der Waals surface area contributed by atoms with Crippen LogP contribution in [0.1, 0.15) is 25.5 Å². The maximum absolute atomic E-state index is 5.25. The highest BCUT2D eigenvalue weighted by Gasteiger charge is 2.09. The van der Waals surface area contributed by atoms with Gasteiger partial charge < -0.3 is 9.73 Å². The second kappa shape index (κ2) is 7.35. The molecule has 0 saturated heterocycles. The fourth-order valence-corrected chi connectivity index (χ4v) is 3.57. The number of rotatable bonds is 8. The van der Waals surface area contributed by atoms with Crippen LogP contribution < -0.4 is 5.32 Å². The fourth-order valence-electron chi connectivity index (χ4n) is 1.49. The van der Waals surface area contributed by atoms with Crippen molar-refractivity contribution in [1.82, 2.24) is 10.2 Å². The largest absolute Gasteiger partial charge is 0.467 e. The van der Waals surface area contributed by atoms with Crippen LogP contribution in [-0.4, -0.2) is 15.4 Å². The molecule has 2 aromatic heterocycles. The van der Waals surface area contributed by atoms with E-state index in [1.165, 1.54) is 0 Å². The summed E-state index contributed by atoms with van der Waals surface area (Å²) >= 11 is 3.34. The van der Waals surface area contributed by atoms with Crippen molar-refractivity contribution in [3.8, 4) is 0 Å². The highest BCUT2D eigenvalue weighted by Crippen LogP contribution is 2.30. The number of nitrogens with zero attached hydrogens (tertiary/aromatic N) is 2. The Morgan fingerprint density at radius 3 is 3.21 bits per heavy atom. The first-order valence-corrected chi connectivity index (χ1v) is 7.85. The van der Waals surface area contributed by atoms with E-state index < -0.39 is 0 Å². The van der Waals surface area contributed by atoms with Crippen molar-refractivity contribution in [3.63, 3.8) is 0 Å². The molecule has 0 aliphatic rings. The minimum absolute atomic E-state index is 0.531. The van der Waals surface area contributed by atoms with Crippen molar-refractivity contribution in [3.05, 3.63) is 36.8 Å². The average molecular weight is 295 g/mol. The van der Waals surface area contributed by atoms with Gasteiger partial charge in [-0.15, -0.1) is 16.8 Å². The molecule has 1 N–H and O–H groups in total. The molecule has 0 bridgehead atoms. The Hall–Kier alpha value is -1.27. The molecule has 6 heteroatoms. The summed E-state index contributed by atoms with van der Waals surface area (Å²) in [5.74, 6) is 0.892. The molecule has 0 aromatic carbocycles. The molecule has 2 heterocycles. The van der Waals surface area contributed by atoms with Crippen LogP contribution in [-0.2, 0) is 6.54 Å². The van der Waals surface area contributed by atoms with E-state index >= 15 is 0 Å². The molecule has 0 aliphatic heterocycles. The van der Waals surface area contributed by atoms with Crippen LogP contribution in [0.5, 0.6) is 0 Å². The fraction of sp³-hybridized carbons (Fsp3) is 0.385. The van der Waals surface area contributed by atoms with Crippen molar-refractivity contribution in [2.24, 2.45) is 0 Å². The van der Waals surface area contributed by atoms with Gasteiger partial charge in [-0.3, -0.25) is 0 Å². The molecule has 4 nitrogen and oxygen atoms in total. The number of aromatic nitrogens is 2. The highest BCUT2D eigenvalue weighted by molar-refractivity contribution is 8.01. The van der Waals surface area contributed by atoms with Gasteiger partial charge in [-0.25, -0.2) is 0 Å². The number of nitrogens with one attached hydrogen (secondary N) is 1. The molecule has 0 fully saturated rings. The van der Waals surface area contributed by atoms with E-state index in [1.807, 2.05) is 18.2 Å². The molecule has 0 amide bonds. The summed E-state index contributed by atoms with van der Waals surface area (Å²) in [6.45, 7) is 6.58. The lowest BCUT2D eigenvalue weighted by Crippen LogP contribution is -1.96. The number of thioether (sulfide) groups is 1. The van der Waals surface area contributed by atoms with Gasteiger partial charge in [0.05, 0.1) is 12.8 Å². The van der Waals surface area contributed by atoms with E-state index in [2.05, 4.69) is 29.0 Å². The summed E-state index contributed by atoms with van der Waals surface area (Å²) in [4.78, 5) is 0.